The molecule has 0 spiro atoms. The van der Waals surface area contributed by atoms with Crippen LogP contribution in [0.4, 0.5) is 17.1 Å². The molecule has 0 amide bonds. The van der Waals surface area contributed by atoms with E-state index in [0.717, 1.165) is 0 Å². The molecular weight excluding hydrogens is 647 g/mol. The highest BCUT2D eigenvalue weighted by atomic mass is 32.2. The summed E-state index contributed by atoms with van der Waals surface area (Å²) in [6.07, 6.45) is 0. The zero-order chi connectivity index (χ0) is 31.9. The largest absolute Gasteiger partial charge is 0.307 e. The smallest absolute Gasteiger partial charge is 0.0613 e. The Labute approximate surface area is 294 Å². The van der Waals surface area contributed by atoms with Crippen LogP contribution in [0.2, 0.25) is 0 Å². The van der Waals surface area contributed by atoms with Crippen LogP contribution in [0.15, 0.2) is 167 Å². The van der Waals surface area contributed by atoms with Gasteiger partial charge in [0, 0.05) is 45.1 Å². The molecule has 3 aliphatic heterocycles. The molecule has 3 aliphatic rings. The van der Waals surface area contributed by atoms with E-state index < -0.39 is 0 Å². The molecule has 0 saturated heterocycles. The van der Waals surface area contributed by atoms with Gasteiger partial charge in [-0.1, -0.05) is 154 Å². The second-order valence-electron chi connectivity index (χ2n) is 13.3. The maximum absolute atomic E-state index is 2.59. The molecule has 9 rings (SSSR count). The molecule has 0 fully saturated rings. The Balaban J connectivity index is 1.32. The lowest BCUT2D eigenvalue weighted by atomic mass is 9.77. The van der Waals surface area contributed by atoms with Crippen LogP contribution in [-0.4, -0.2) is 0 Å². The quantitative estimate of drug-likeness (QED) is 0.182. The minimum Gasteiger partial charge on any atom is -0.307 e. The van der Waals surface area contributed by atoms with Gasteiger partial charge in [0.25, 0.3) is 0 Å². The second kappa shape index (κ2) is 11.0. The minimum atomic E-state index is -0.121. The second-order valence-corrected chi connectivity index (χ2v) is 17.6. The van der Waals surface area contributed by atoms with Gasteiger partial charge in [-0.15, -0.1) is 0 Å². The number of benzene rings is 6. The van der Waals surface area contributed by atoms with Crippen molar-refractivity contribution in [3.63, 3.8) is 0 Å². The van der Waals surface area contributed by atoms with Gasteiger partial charge in [0.15, 0.2) is 0 Å². The number of rotatable bonds is 3. The average Bonchev–Trinajstić information content (AvgIpc) is 3.08. The van der Waals surface area contributed by atoms with Gasteiger partial charge < -0.3 is 4.90 Å². The third-order valence-corrected chi connectivity index (χ3v) is 14.9. The van der Waals surface area contributed by atoms with Gasteiger partial charge in [0.05, 0.1) is 22.0 Å². The highest BCUT2D eigenvalue weighted by molar-refractivity contribution is 8.05. The van der Waals surface area contributed by atoms with E-state index >= 15 is 0 Å². The van der Waals surface area contributed by atoms with E-state index in [9.17, 15) is 0 Å². The van der Waals surface area contributed by atoms with Crippen LogP contribution >= 0.6 is 47.0 Å². The van der Waals surface area contributed by atoms with Gasteiger partial charge in [-0.3, -0.25) is 0 Å². The van der Waals surface area contributed by atoms with E-state index in [1.54, 1.807) is 0 Å². The minimum absolute atomic E-state index is 0.121. The predicted octanol–water partition coefficient (Wildman–Crippen LogP) is 13.4. The van der Waals surface area contributed by atoms with Gasteiger partial charge >= 0.3 is 0 Å². The summed E-state index contributed by atoms with van der Waals surface area (Å²) in [6, 6.07) is 47.5. The molecule has 0 atom stereocenters. The van der Waals surface area contributed by atoms with E-state index in [2.05, 4.69) is 160 Å². The zero-order valence-electron chi connectivity index (χ0n) is 26.7. The van der Waals surface area contributed by atoms with Crippen molar-refractivity contribution >= 4 is 64.1 Å². The first-order valence-electron chi connectivity index (χ1n) is 16.0. The predicted molar refractivity (Wildman–Crippen MR) is 201 cm³/mol. The Kier molecular flexibility index (Phi) is 6.96. The Morgan fingerprint density at radius 1 is 0.340 bits per heavy atom. The van der Waals surface area contributed by atoms with E-state index in [-0.39, 0.29) is 10.8 Å². The van der Waals surface area contributed by atoms with E-state index in [0.29, 0.717) is 0 Å². The molecule has 5 heteroatoms. The van der Waals surface area contributed by atoms with Crippen molar-refractivity contribution in [2.45, 2.75) is 77.7 Å². The van der Waals surface area contributed by atoms with Crippen LogP contribution < -0.4 is 4.90 Å². The molecule has 3 heterocycles. The SMILES string of the molecule is CC1(C)c2ccccc2Sc2c(N(c3cccc4c3Sc3ccccc3S4)c3cccc4c3Sc3ccccc3C4(C)C)cccc21. The lowest BCUT2D eigenvalue weighted by molar-refractivity contribution is 0.606. The maximum Gasteiger partial charge on any atom is 0.0613 e. The van der Waals surface area contributed by atoms with Crippen LogP contribution in [-0.2, 0) is 10.8 Å². The molecule has 0 unspecified atom stereocenters. The molecule has 0 aromatic heterocycles. The fourth-order valence-corrected chi connectivity index (χ4v) is 12.7. The molecule has 0 N–H and O–H groups in total. The van der Waals surface area contributed by atoms with Crippen LogP contribution in [0, 0.1) is 0 Å². The number of hydrogen-bond donors (Lipinski definition) is 0. The first kappa shape index (κ1) is 29.6. The number of fused-ring (bicyclic) bond motifs is 6. The topological polar surface area (TPSA) is 3.24 Å². The molecule has 0 aliphatic carbocycles. The Bertz CT molecular complexity index is 2120. The van der Waals surface area contributed by atoms with Crippen LogP contribution in [0.1, 0.15) is 49.9 Å². The first-order chi connectivity index (χ1) is 22.8. The standard InChI is InChI=1S/C42H33NS4/c1-41(2)26-14-5-7-21-33(26)45-38-28(41)16-11-18-30(38)43(32-20-13-25-37-40(32)47-36-24-10-9-23-35(36)44-37)31-19-12-17-29-39(31)46-34-22-8-6-15-27(34)42(29,3)4/h5-25H,1-4H3. The molecule has 0 bridgehead atoms. The van der Waals surface area contributed by atoms with Crippen molar-refractivity contribution in [2.24, 2.45) is 0 Å². The van der Waals surface area contributed by atoms with Crippen LogP contribution in [0.25, 0.3) is 0 Å². The first-order valence-corrected chi connectivity index (χ1v) is 19.3. The molecule has 47 heavy (non-hydrogen) atoms. The molecule has 230 valence electrons. The summed E-state index contributed by atoms with van der Waals surface area (Å²) < 4.78 is 0. The van der Waals surface area contributed by atoms with Gasteiger partial charge in [0.1, 0.15) is 0 Å². The van der Waals surface area contributed by atoms with Crippen molar-refractivity contribution in [1.29, 1.82) is 0 Å². The van der Waals surface area contributed by atoms with Gasteiger partial charge in [-0.05, 0) is 70.8 Å². The van der Waals surface area contributed by atoms with E-state index in [1.165, 1.54) is 78.5 Å². The highest BCUT2D eigenvalue weighted by Gasteiger charge is 2.39. The molecule has 0 saturated carbocycles. The van der Waals surface area contributed by atoms with Crippen molar-refractivity contribution in [2.75, 3.05) is 4.90 Å². The highest BCUT2D eigenvalue weighted by Crippen LogP contribution is 2.60. The third-order valence-electron chi connectivity index (χ3n) is 9.84. The zero-order valence-corrected chi connectivity index (χ0v) is 30.0. The van der Waals surface area contributed by atoms with Gasteiger partial charge in [-0.2, -0.15) is 0 Å². The fraction of sp³-hybridized carbons (Fsp3) is 0.143. The normalized spacial score (nSPS) is 16.1. The fourth-order valence-electron chi connectivity index (χ4n) is 7.35. The van der Waals surface area contributed by atoms with Crippen molar-refractivity contribution in [1.82, 2.24) is 0 Å². The van der Waals surface area contributed by atoms with Crippen molar-refractivity contribution in [3.05, 3.63) is 150 Å². The lowest BCUT2D eigenvalue weighted by Gasteiger charge is -2.40. The van der Waals surface area contributed by atoms with E-state index in [4.69, 9.17) is 0 Å². The van der Waals surface area contributed by atoms with Gasteiger partial charge in [0.2, 0.25) is 0 Å². The monoisotopic (exact) mass is 679 g/mol. The maximum atomic E-state index is 2.59. The lowest BCUT2D eigenvalue weighted by Crippen LogP contribution is -2.26. The summed E-state index contributed by atoms with van der Waals surface area (Å²) in [6.45, 7) is 9.52. The summed E-state index contributed by atoms with van der Waals surface area (Å²) in [5.41, 5.74) is 9.01. The van der Waals surface area contributed by atoms with E-state index in [1.807, 2.05) is 47.0 Å². The Hall–Kier alpha value is -3.48. The summed E-state index contributed by atoms with van der Waals surface area (Å²) in [5, 5.41) is 0. The van der Waals surface area contributed by atoms with Crippen molar-refractivity contribution in [3.8, 4) is 0 Å². The molecule has 6 aromatic carbocycles. The van der Waals surface area contributed by atoms with Crippen molar-refractivity contribution < 1.29 is 0 Å². The molecule has 0 radical (unpaired) electrons. The third kappa shape index (κ3) is 4.58. The molecule has 1 nitrogen and oxygen atoms in total. The number of hydrogen-bond acceptors (Lipinski definition) is 5. The van der Waals surface area contributed by atoms with Crippen LogP contribution in [0.3, 0.4) is 0 Å². The average molecular weight is 680 g/mol. The number of anilines is 3. The number of nitrogens with zero attached hydrogens (tertiary/aromatic N) is 1. The molecule has 6 aromatic rings. The summed E-state index contributed by atoms with van der Waals surface area (Å²) in [4.78, 5) is 13.2. The summed E-state index contributed by atoms with van der Waals surface area (Å²) in [5.74, 6) is 0. The summed E-state index contributed by atoms with van der Waals surface area (Å²) >= 11 is 7.63. The summed E-state index contributed by atoms with van der Waals surface area (Å²) in [7, 11) is 0. The Morgan fingerprint density at radius 3 is 1.23 bits per heavy atom. The van der Waals surface area contributed by atoms with Gasteiger partial charge in [-0.25, -0.2) is 0 Å². The molecular formula is C42H33NS4. The Morgan fingerprint density at radius 2 is 0.702 bits per heavy atom. The van der Waals surface area contributed by atoms with Crippen LogP contribution in [0.5, 0.6) is 0 Å².